The summed E-state index contributed by atoms with van der Waals surface area (Å²) in [5.74, 6) is 0.557. The van der Waals surface area contributed by atoms with Crippen molar-refractivity contribution < 1.29 is 23.9 Å². The number of amides is 1. The first-order chi connectivity index (χ1) is 21.8. The van der Waals surface area contributed by atoms with Gasteiger partial charge in [-0.15, -0.1) is 0 Å². The molecule has 2 heterocycles. The lowest BCUT2D eigenvalue weighted by molar-refractivity contribution is -0.144. The third kappa shape index (κ3) is 8.88. The lowest BCUT2D eigenvalue weighted by Gasteiger charge is -2.21. The Morgan fingerprint density at radius 1 is 0.956 bits per heavy atom. The number of benzene rings is 2. The number of carbonyl (C=O) groups excluding carboxylic acids is 3. The van der Waals surface area contributed by atoms with E-state index in [1.807, 2.05) is 55.8 Å². The largest absolute Gasteiger partial charge is 0.466 e. The molecule has 12 heteroatoms. The van der Waals surface area contributed by atoms with Crippen LogP contribution in [-0.4, -0.2) is 58.1 Å². The molecule has 236 valence electrons. The van der Waals surface area contributed by atoms with Gasteiger partial charge < -0.3 is 25.1 Å². The fourth-order valence-corrected chi connectivity index (χ4v) is 4.50. The highest BCUT2D eigenvalue weighted by atomic mass is 16.5. The zero-order valence-electron chi connectivity index (χ0n) is 25.9. The minimum atomic E-state index is -0.362. The van der Waals surface area contributed by atoms with Gasteiger partial charge >= 0.3 is 11.9 Å². The number of fused-ring (bicyclic) bond motifs is 1. The maximum atomic E-state index is 13.7. The van der Waals surface area contributed by atoms with Gasteiger partial charge in [0.25, 0.3) is 5.91 Å². The smallest absolute Gasteiger partial charge is 0.307 e. The van der Waals surface area contributed by atoms with Crippen molar-refractivity contribution in [2.45, 2.75) is 46.1 Å². The SMILES string of the molecule is CCCOC(=O)CCN(C(=O)c1ccc2c(c1)nc(CNc1ccc(/C(N)=N\COC(=O)CCC)cc1)n2C)c1ccccn1. The summed E-state index contributed by atoms with van der Waals surface area (Å²) >= 11 is 0. The Balaban J connectivity index is 1.43. The molecule has 45 heavy (non-hydrogen) atoms. The molecule has 2 aromatic heterocycles. The van der Waals surface area contributed by atoms with Crippen LogP contribution in [0.25, 0.3) is 11.0 Å². The Morgan fingerprint density at radius 2 is 1.71 bits per heavy atom. The standard InChI is InChI=1S/C33H39N7O5/c1-4-8-30(41)45-22-37-32(34)23-10-13-25(14-11-23)36-21-29-38-26-20-24(12-15-27(26)39(29)3)33(43)40(28-9-6-7-17-35-28)18-16-31(42)44-19-5-2/h6-7,9-15,17,20,36H,4-5,8,16,18-19,21-22H2,1-3H3,(H2,34,37). The number of aliphatic imine (C=N–C) groups is 1. The summed E-state index contributed by atoms with van der Waals surface area (Å²) < 4.78 is 12.2. The number of rotatable bonds is 15. The van der Waals surface area contributed by atoms with Crippen LogP contribution in [-0.2, 0) is 32.7 Å². The molecule has 0 unspecified atom stereocenters. The molecule has 0 radical (unpaired) electrons. The molecule has 0 aliphatic heterocycles. The molecule has 0 saturated heterocycles. The number of amidine groups is 1. The zero-order valence-corrected chi connectivity index (χ0v) is 25.9. The molecule has 0 saturated carbocycles. The Morgan fingerprint density at radius 3 is 2.42 bits per heavy atom. The number of nitrogens with one attached hydrogen (secondary N) is 1. The highest BCUT2D eigenvalue weighted by Crippen LogP contribution is 2.21. The van der Waals surface area contributed by atoms with E-state index in [4.69, 9.17) is 20.2 Å². The molecule has 0 atom stereocenters. The summed E-state index contributed by atoms with van der Waals surface area (Å²) in [5, 5.41) is 3.36. The summed E-state index contributed by atoms with van der Waals surface area (Å²) in [6, 6.07) is 18.1. The second-order valence-electron chi connectivity index (χ2n) is 10.3. The highest BCUT2D eigenvalue weighted by molar-refractivity contribution is 6.07. The maximum absolute atomic E-state index is 13.7. The van der Waals surface area contributed by atoms with Gasteiger partial charge in [-0.1, -0.05) is 19.9 Å². The lowest BCUT2D eigenvalue weighted by Crippen LogP contribution is -2.34. The van der Waals surface area contributed by atoms with Gasteiger partial charge in [-0.25, -0.2) is 15.0 Å². The first-order valence-corrected chi connectivity index (χ1v) is 14.9. The number of hydrogen-bond donors (Lipinski definition) is 2. The van der Waals surface area contributed by atoms with Gasteiger partial charge in [-0.2, -0.15) is 0 Å². The van der Waals surface area contributed by atoms with Gasteiger partial charge in [0.1, 0.15) is 17.5 Å². The number of anilines is 2. The minimum Gasteiger partial charge on any atom is -0.466 e. The van der Waals surface area contributed by atoms with Crippen molar-refractivity contribution in [3.63, 3.8) is 0 Å². The summed E-state index contributed by atoms with van der Waals surface area (Å²) in [6.45, 7) is 4.63. The number of esters is 2. The average Bonchev–Trinajstić information content (AvgIpc) is 3.37. The quantitative estimate of drug-likeness (QED) is 0.111. The van der Waals surface area contributed by atoms with Gasteiger partial charge in [0.05, 0.1) is 30.6 Å². The molecule has 2 aromatic carbocycles. The van der Waals surface area contributed by atoms with E-state index < -0.39 is 0 Å². The Kier molecular flexibility index (Phi) is 11.6. The average molecular weight is 614 g/mol. The topological polar surface area (TPSA) is 154 Å². The van der Waals surface area contributed by atoms with Crippen molar-refractivity contribution in [1.82, 2.24) is 14.5 Å². The maximum Gasteiger partial charge on any atom is 0.307 e. The van der Waals surface area contributed by atoms with Crippen molar-refractivity contribution in [2.24, 2.45) is 17.8 Å². The van der Waals surface area contributed by atoms with E-state index in [1.54, 1.807) is 36.5 Å². The Bertz CT molecular complexity index is 1630. The summed E-state index contributed by atoms with van der Waals surface area (Å²) in [6.07, 6.45) is 3.46. The van der Waals surface area contributed by atoms with Crippen LogP contribution in [0.4, 0.5) is 11.5 Å². The number of imidazole rings is 1. The first-order valence-electron chi connectivity index (χ1n) is 14.9. The summed E-state index contributed by atoms with van der Waals surface area (Å²) in [4.78, 5) is 52.0. The van der Waals surface area contributed by atoms with Crippen molar-refractivity contribution in [2.75, 3.05) is 30.1 Å². The number of nitrogens with two attached hydrogens (primary N) is 1. The fourth-order valence-electron chi connectivity index (χ4n) is 4.50. The second-order valence-corrected chi connectivity index (χ2v) is 10.3. The molecule has 3 N–H and O–H groups in total. The van der Waals surface area contributed by atoms with Gasteiger partial charge in [-0.3, -0.25) is 19.3 Å². The van der Waals surface area contributed by atoms with Gasteiger partial charge in [0.2, 0.25) is 0 Å². The number of carbonyl (C=O) groups is 3. The predicted octanol–water partition coefficient (Wildman–Crippen LogP) is 4.58. The summed E-state index contributed by atoms with van der Waals surface area (Å²) in [7, 11) is 1.92. The predicted molar refractivity (Wildman–Crippen MR) is 173 cm³/mol. The number of pyridine rings is 1. The molecule has 0 aliphatic carbocycles. The number of nitrogens with zero attached hydrogens (tertiary/aromatic N) is 5. The van der Waals surface area contributed by atoms with Gasteiger partial charge in [0.15, 0.2) is 6.73 Å². The van der Waals surface area contributed by atoms with Crippen LogP contribution in [0.1, 0.15) is 61.3 Å². The zero-order chi connectivity index (χ0) is 32.2. The van der Waals surface area contributed by atoms with E-state index in [0.29, 0.717) is 48.5 Å². The van der Waals surface area contributed by atoms with Crippen molar-refractivity contribution in [3.8, 4) is 0 Å². The number of aryl methyl sites for hydroxylation is 1. The second kappa shape index (κ2) is 16.0. The van der Waals surface area contributed by atoms with Crippen LogP contribution in [0.5, 0.6) is 0 Å². The van der Waals surface area contributed by atoms with E-state index in [0.717, 1.165) is 23.4 Å². The first kappa shape index (κ1) is 32.6. The van der Waals surface area contributed by atoms with Crippen molar-refractivity contribution >= 4 is 46.2 Å². The Hall–Kier alpha value is -5.26. The van der Waals surface area contributed by atoms with E-state index >= 15 is 0 Å². The van der Waals surface area contributed by atoms with Gasteiger partial charge in [0, 0.05) is 43.0 Å². The molecular weight excluding hydrogens is 574 g/mol. The minimum absolute atomic E-state index is 0.0544. The number of aromatic nitrogens is 3. The normalized spacial score (nSPS) is 11.3. The van der Waals surface area contributed by atoms with E-state index in [2.05, 4.69) is 15.3 Å². The third-order valence-electron chi connectivity index (χ3n) is 6.94. The Labute approximate surface area is 262 Å². The fraction of sp³-hybridized carbons (Fsp3) is 0.333. The molecule has 4 aromatic rings. The van der Waals surface area contributed by atoms with Gasteiger partial charge in [-0.05, 0) is 67.4 Å². The van der Waals surface area contributed by atoms with E-state index in [9.17, 15) is 14.4 Å². The van der Waals surface area contributed by atoms with Crippen molar-refractivity contribution in [3.05, 3.63) is 83.8 Å². The number of hydrogen-bond acceptors (Lipinski definition) is 9. The summed E-state index contributed by atoms with van der Waals surface area (Å²) in [5.41, 5.74) is 9.58. The van der Waals surface area contributed by atoms with Crippen LogP contribution < -0.4 is 16.0 Å². The highest BCUT2D eigenvalue weighted by Gasteiger charge is 2.21. The molecule has 12 nitrogen and oxygen atoms in total. The molecule has 0 bridgehead atoms. The number of ether oxygens (including phenoxy) is 2. The van der Waals surface area contributed by atoms with Crippen molar-refractivity contribution in [1.29, 1.82) is 0 Å². The molecule has 4 rings (SSSR count). The lowest BCUT2D eigenvalue weighted by atomic mass is 10.1. The van der Waals surface area contributed by atoms with Crippen LogP contribution in [0.3, 0.4) is 0 Å². The molecular formula is C33H39N7O5. The van der Waals surface area contributed by atoms with Crippen LogP contribution in [0, 0.1) is 0 Å². The molecule has 0 spiro atoms. The van der Waals surface area contributed by atoms with E-state index in [-0.39, 0.29) is 43.4 Å². The van der Waals surface area contributed by atoms with Crippen LogP contribution >= 0.6 is 0 Å². The molecule has 1 amide bonds. The van der Waals surface area contributed by atoms with E-state index in [1.165, 1.54) is 4.90 Å². The monoisotopic (exact) mass is 613 g/mol. The van der Waals surface area contributed by atoms with Crippen LogP contribution in [0.2, 0.25) is 0 Å². The third-order valence-corrected chi connectivity index (χ3v) is 6.94. The van der Waals surface area contributed by atoms with Crippen LogP contribution in [0.15, 0.2) is 71.9 Å². The molecule has 0 aliphatic rings. The molecule has 0 fully saturated rings.